The molecule has 5 nitrogen and oxygen atoms in total. The third-order valence-corrected chi connectivity index (χ3v) is 2.85. The monoisotopic (exact) mass is 260 g/mol. The lowest BCUT2D eigenvalue weighted by atomic mass is 10.2. The van der Waals surface area contributed by atoms with Crippen LogP contribution in [0.15, 0.2) is 35.1 Å². The number of carbonyl (C=O) groups is 1. The molecule has 2 rings (SSSR count). The first kappa shape index (κ1) is 13.3. The van der Waals surface area contributed by atoms with Crippen LogP contribution >= 0.6 is 0 Å². The van der Waals surface area contributed by atoms with Gasteiger partial charge in [-0.15, -0.1) is 0 Å². The summed E-state index contributed by atoms with van der Waals surface area (Å²) >= 11 is 0. The van der Waals surface area contributed by atoms with Crippen LogP contribution in [0.4, 0.5) is 0 Å². The predicted octanol–water partition coefficient (Wildman–Crippen LogP) is 0.981. The molecule has 0 radical (unpaired) electrons. The summed E-state index contributed by atoms with van der Waals surface area (Å²) in [6.45, 7) is 1.82. The van der Waals surface area contributed by atoms with Crippen LogP contribution < -0.4 is 5.43 Å². The maximum atomic E-state index is 12.1. The van der Waals surface area contributed by atoms with Gasteiger partial charge in [-0.25, -0.2) is 0 Å². The molecule has 0 fully saturated rings. The van der Waals surface area contributed by atoms with Gasteiger partial charge in [-0.2, -0.15) is 0 Å². The molecule has 0 saturated carbocycles. The van der Waals surface area contributed by atoms with Gasteiger partial charge >= 0.3 is 0 Å². The molecule has 0 saturated heterocycles. The molecule has 1 amide bonds. The Morgan fingerprint density at radius 2 is 2.11 bits per heavy atom. The lowest BCUT2D eigenvalue weighted by Crippen LogP contribution is -2.34. The SMILES string of the molecule is CC(O)CN(C)C(=O)c1cc(=O)c2ccccc2[nH]1. The van der Waals surface area contributed by atoms with Crippen LogP contribution in [-0.2, 0) is 0 Å². The number of aromatic nitrogens is 1. The van der Waals surface area contributed by atoms with Crippen LogP contribution in [0.2, 0.25) is 0 Å². The molecule has 0 aliphatic rings. The van der Waals surface area contributed by atoms with Gasteiger partial charge in [0, 0.05) is 30.6 Å². The van der Waals surface area contributed by atoms with Gasteiger partial charge < -0.3 is 15.0 Å². The predicted molar refractivity (Wildman–Crippen MR) is 73.2 cm³/mol. The summed E-state index contributed by atoms with van der Waals surface area (Å²) in [5.74, 6) is -0.316. The quantitative estimate of drug-likeness (QED) is 0.864. The smallest absolute Gasteiger partial charge is 0.270 e. The van der Waals surface area contributed by atoms with E-state index in [9.17, 15) is 14.7 Å². The highest BCUT2D eigenvalue weighted by molar-refractivity contribution is 5.94. The molecular formula is C14H16N2O3. The molecule has 1 heterocycles. The Labute approximate surface area is 110 Å². The number of hydrogen-bond donors (Lipinski definition) is 2. The average molecular weight is 260 g/mol. The molecular weight excluding hydrogens is 244 g/mol. The molecule has 2 aromatic rings. The number of nitrogens with one attached hydrogen (secondary N) is 1. The van der Waals surface area contributed by atoms with Crippen LogP contribution in [0.5, 0.6) is 0 Å². The molecule has 2 N–H and O–H groups in total. The second-order valence-electron chi connectivity index (χ2n) is 4.63. The van der Waals surface area contributed by atoms with E-state index in [-0.39, 0.29) is 23.6 Å². The Hall–Kier alpha value is -2.14. The van der Waals surface area contributed by atoms with Gasteiger partial charge in [-0.3, -0.25) is 9.59 Å². The molecule has 0 aliphatic heterocycles. The minimum atomic E-state index is -0.610. The normalized spacial score (nSPS) is 12.4. The largest absolute Gasteiger partial charge is 0.392 e. The Kier molecular flexibility index (Phi) is 3.66. The fraction of sp³-hybridized carbons (Fsp3) is 0.286. The second-order valence-corrected chi connectivity index (χ2v) is 4.63. The number of aliphatic hydroxyl groups is 1. The lowest BCUT2D eigenvalue weighted by molar-refractivity contribution is 0.0698. The molecule has 0 spiro atoms. The molecule has 0 bridgehead atoms. The van der Waals surface area contributed by atoms with Gasteiger partial charge in [0.15, 0.2) is 5.43 Å². The van der Waals surface area contributed by atoms with Crippen LogP contribution in [0.1, 0.15) is 17.4 Å². The summed E-state index contributed by atoms with van der Waals surface area (Å²) in [6.07, 6.45) is -0.610. The highest BCUT2D eigenvalue weighted by atomic mass is 16.3. The zero-order chi connectivity index (χ0) is 14.0. The van der Waals surface area contributed by atoms with Gasteiger partial charge in [0.2, 0.25) is 0 Å². The molecule has 1 aromatic heterocycles. The summed E-state index contributed by atoms with van der Waals surface area (Å²) in [4.78, 5) is 28.4. The summed E-state index contributed by atoms with van der Waals surface area (Å²) < 4.78 is 0. The number of H-pyrrole nitrogens is 1. The fourth-order valence-corrected chi connectivity index (χ4v) is 2.00. The molecule has 1 aromatic carbocycles. The number of amides is 1. The van der Waals surface area contributed by atoms with Crippen molar-refractivity contribution in [3.05, 3.63) is 46.2 Å². The van der Waals surface area contributed by atoms with Gasteiger partial charge in [-0.1, -0.05) is 12.1 Å². The molecule has 1 unspecified atom stereocenters. The first-order valence-corrected chi connectivity index (χ1v) is 6.04. The zero-order valence-corrected chi connectivity index (χ0v) is 10.9. The van der Waals surface area contributed by atoms with Crippen LogP contribution in [0.3, 0.4) is 0 Å². The highest BCUT2D eigenvalue weighted by Gasteiger charge is 2.15. The Bertz CT molecular complexity index is 661. The number of nitrogens with zero attached hydrogens (tertiary/aromatic N) is 1. The van der Waals surface area contributed by atoms with Crippen molar-refractivity contribution in [1.82, 2.24) is 9.88 Å². The Morgan fingerprint density at radius 1 is 1.42 bits per heavy atom. The Morgan fingerprint density at radius 3 is 2.79 bits per heavy atom. The first-order valence-electron chi connectivity index (χ1n) is 6.04. The topological polar surface area (TPSA) is 73.4 Å². The fourth-order valence-electron chi connectivity index (χ4n) is 2.00. The van der Waals surface area contributed by atoms with Crippen LogP contribution in [0.25, 0.3) is 10.9 Å². The number of rotatable bonds is 3. The number of para-hydroxylation sites is 1. The van der Waals surface area contributed by atoms with E-state index in [1.807, 2.05) is 0 Å². The summed E-state index contributed by atoms with van der Waals surface area (Å²) in [7, 11) is 1.59. The van der Waals surface area contributed by atoms with Crippen molar-refractivity contribution < 1.29 is 9.90 Å². The minimum Gasteiger partial charge on any atom is -0.392 e. The molecule has 1 atom stereocenters. The van der Waals surface area contributed by atoms with Crippen molar-refractivity contribution in [2.75, 3.05) is 13.6 Å². The van der Waals surface area contributed by atoms with Gasteiger partial charge in [0.05, 0.1) is 6.10 Å². The first-order chi connectivity index (χ1) is 8.99. The number of fused-ring (bicyclic) bond motifs is 1. The lowest BCUT2D eigenvalue weighted by Gasteiger charge is -2.18. The van der Waals surface area contributed by atoms with E-state index in [0.717, 1.165) is 0 Å². The number of aromatic amines is 1. The summed E-state index contributed by atoms with van der Waals surface area (Å²) in [5.41, 5.74) is 0.666. The molecule has 5 heteroatoms. The molecule has 0 aliphatic carbocycles. The van der Waals surface area contributed by atoms with Crippen LogP contribution in [0, 0.1) is 0 Å². The van der Waals surface area contributed by atoms with E-state index >= 15 is 0 Å². The number of pyridine rings is 1. The van der Waals surface area contributed by atoms with E-state index in [0.29, 0.717) is 10.9 Å². The summed E-state index contributed by atoms with van der Waals surface area (Å²) in [5, 5.41) is 9.83. The van der Waals surface area contributed by atoms with Gasteiger partial charge in [-0.05, 0) is 19.1 Å². The zero-order valence-electron chi connectivity index (χ0n) is 10.9. The number of carbonyl (C=O) groups excluding carboxylic acids is 1. The van der Waals surface area contributed by atoms with Crippen molar-refractivity contribution in [2.45, 2.75) is 13.0 Å². The number of likely N-dealkylation sites (N-methyl/N-ethyl adjacent to an activating group) is 1. The highest BCUT2D eigenvalue weighted by Crippen LogP contribution is 2.08. The van der Waals surface area contributed by atoms with Crippen molar-refractivity contribution in [3.63, 3.8) is 0 Å². The average Bonchev–Trinajstić information content (AvgIpc) is 2.37. The van der Waals surface area contributed by atoms with Crippen molar-refractivity contribution >= 4 is 16.8 Å². The van der Waals surface area contributed by atoms with E-state index in [2.05, 4.69) is 4.98 Å². The number of benzene rings is 1. The number of aliphatic hydroxyl groups excluding tert-OH is 1. The third kappa shape index (κ3) is 2.82. The Balaban J connectivity index is 2.41. The summed E-state index contributed by atoms with van der Waals surface area (Å²) in [6, 6.07) is 8.33. The third-order valence-electron chi connectivity index (χ3n) is 2.85. The minimum absolute atomic E-state index is 0.192. The molecule has 100 valence electrons. The van der Waals surface area contributed by atoms with E-state index < -0.39 is 6.10 Å². The standard InChI is InChI=1S/C14H16N2O3/c1-9(17)8-16(2)14(19)12-7-13(18)10-5-3-4-6-11(10)15-12/h3-7,9,17H,8H2,1-2H3,(H,15,18). The van der Waals surface area contributed by atoms with Crippen LogP contribution in [-0.4, -0.2) is 40.6 Å². The molecule has 19 heavy (non-hydrogen) atoms. The van der Waals surface area contributed by atoms with E-state index in [1.165, 1.54) is 11.0 Å². The maximum Gasteiger partial charge on any atom is 0.270 e. The van der Waals surface area contributed by atoms with Gasteiger partial charge in [0.25, 0.3) is 5.91 Å². The van der Waals surface area contributed by atoms with Crippen molar-refractivity contribution in [1.29, 1.82) is 0 Å². The number of hydrogen-bond acceptors (Lipinski definition) is 3. The van der Waals surface area contributed by atoms with Crippen molar-refractivity contribution in [2.24, 2.45) is 0 Å². The van der Waals surface area contributed by atoms with E-state index in [1.54, 1.807) is 38.2 Å². The maximum absolute atomic E-state index is 12.1. The second kappa shape index (κ2) is 5.24. The van der Waals surface area contributed by atoms with E-state index in [4.69, 9.17) is 0 Å². The van der Waals surface area contributed by atoms with Crippen molar-refractivity contribution in [3.8, 4) is 0 Å². The van der Waals surface area contributed by atoms with Gasteiger partial charge in [0.1, 0.15) is 5.69 Å².